The molecule has 5 heteroatoms. The van der Waals surface area contributed by atoms with Gasteiger partial charge in [0.2, 0.25) is 5.91 Å². The lowest BCUT2D eigenvalue weighted by Crippen LogP contribution is -2.53. The number of likely N-dealkylation sites (tertiary alicyclic amines) is 1. The Morgan fingerprint density at radius 1 is 1.25 bits per heavy atom. The minimum atomic E-state index is -0.527. The summed E-state index contributed by atoms with van der Waals surface area (Å²) in [5.74, 6) is 0.544. The van der Waals surface area contributed by atoms with Crippen LogP contribution in [0.5, 0.6) is 0 Å². The third-order valence-corrected chi connectivity index (χ3v) is 3.87. The van der Waals surface area contributed by atoms with E-state index in [4.69, 9.17) is 4.74 Å². The zero-order valence-electron chi connectivity index (χ0n) is 12.9. The van der Waals surface area contributed by atoms with Crippen molar-refractivity contribution in [3.05, 3.63) is 0 Å². The Labute approximate surface area is 121 Å². The molecular weight excluding hydrogens is 256 g/mol. The first kappa shape index (κ1) is 15.1. The molecule has 0 bridgehead atoms. The second kappa shape index (κ2) is 5.62. The quantitative estimate of drug-likeness (QED) is 0.845. The standard InChI is InChI=1S/C15H26N2O3/c1-10-9-11(10)16-13(18)12-7-5-6-8-17(12)14(19)20-15(2,3)4/h10-12H,5-9H2,1-4H3,(H,16,18)/t10-,11-,12-/m0/s1. The van der Waals surface area contributed by atoms with Crippen LogP contribution in [0.4, 0.5) is 4.79 Å². The number of piperidine rings is 1. The van der Waals surface area contributed by atoms with Crippen molar-refractivity contribution in [2.24, 2.45) is 5.92 Å². The van der Waals surface area contributed by atoms with Gasteiger partial charge in [0.1, 0.15) is 11.6 Å². The predicted molar refractivity (Wildman–Crippen MR) is 76.3 cm³/mol. The van der Waals surface area contributed by atoms with Gasteiger partial charge in [0.15, 0.2) is 0 Å². The normalized spacial score (nSPS) is 29.8. The first-order valence-corrected chi connectivity index (χ1v) is 7.58. The van der Waals surface area contributed by atoms with E-state index in [0.29, 0.717) is 18.5 Å². The highest BCUT2D eigenvalue weighted by atomic mass is 16.6. The van der Waals surface area contributed by atoms with E-state index < -0.39 is 5.60 Å². The number of carbonyl (C=O) groups excluding carboxylic acids is 2. The van der Waals surface area contributed by atoms with Crippen LogP contribution in [-0.4, -0.2) is 41.1 Å². The van der Waals surface area contributed by atoms with E-state index in [9.17, 15) is 9.59 Å². The molecule has 1 aliphatic carbocycles. The molecule has 1 N–H and O–H groups in total. The van der Waals surface area contributed by atoms with Gasteiger partial charge in [-0.1, -0.05) is 6.92 Å². The largest absolute Gasteiger partial charge is 0.444 e. The third kappa shape index (κ3) is 3.87. The molecule has 5 nitrogen and oxygen atoms in total. The van der Waals surface area contributed by atoms with Crippen LogP contribution >= 0.6 is 0 Å². The van der Waals surface area contributed by atoms with Crippen LogP contribution in [0.3, 0.4) is 0 Å². The molecule has 1 heterocycles. The maximum absolute atomic E-state index is 12.3. The summed E-state index contributed by atoms with van der Waals surface area (Å²) in [5, 5.41) is 3.03. The number of nitrogens with one attached hydrogen (secondary N) is 1. The van der Waals surface area contributed by atoms with E-state index in [-0.39, 0.29) is 18.0 Å². The maximum Gasteiger partial charge on any atom is 0.410 e. The molecular formula is C15H26N2O3. The van der Waals surface area contributed by atoms with E-state index in [1.54, 1.807) is 4.90 Å². The number of rotatable bonds is 2. The van der Waals surface area contributed by atoms with E-state index in [0.717, 1.165) is 25.7 Å². The second-order valence-electron chi connectivity index (χ2n) is 7.01. The fourth-order valence-corrected chi connectivity index (χ4v) is 2.55. The Morgan fingerprint density at radius 2 is 1.90 bits per heavy atom. The molecule has 20 heavy (non-hydrogen) atoms. The van der Waals surface area contributed by atoms with Crippen molar-refractivity contribution in [3.8, 4) is 0 Å². The van der Waals surface area contributed by atoms with Crippen molar-refractivity contribution in [1.29, 1.82) is 0 Å². The van der Waals surface area contributed by atoms with Crippen LogP contribution in [0.15, 0.2) is 0 Å². The van der Waals surface area contributed by atoms with Gasteiger partial charge in [-0.05, 0) is 52.4 Å². The molecule has 2 rings (SSSR count). The topological polar surface area (TPSA) is 58.6 Å². The number of carbonyl (C=O) groups is 2. The van der Waals surface area contributed by atoms with E-state index in [2.05, 4.69) is 12.2 Å². The zero-order chi connectivity index (χ0) is 14.9. The summed E-state index contributed by atoms with van der Waals surface area (Å²) in [6.07, 6.45) is 3.32. The Balaban J connectivity index is 1.97. The van der Waals surface area contributed by atoms with Gasteiger partial charge in [0.05, 0.1) is 0 Å². The highest BCUT2D eigenvalue weighted by Crippen LogP contribution is 2.30. The minimum absolute atomic E-state index is 0.0232. The summed E-state index contributed by atoms with van der Waals surface area (Å²) in [6.45, 7) is 8.26. The molecule has 0 unspecified atom stereocenters. The maximum atomic E-state index is 12.3. The molecule has 2 fully saturated rings. The number of nitrogens with zero attached hydrogens (tertiary/aromatic N) is 1. The average molecular weight is 282 g/mol. The molecule has 0 aromatic rings. The van der Waals surface area contributed by atoms with Crippen molar-refractivity contribution in [2.45, 2.75) is 71.1 Å². The van der Waals surface area contributed by atoms with Crippen LogP contribution in [-0.2, 0) is 9.53 Å². The molecule has 2 aliphatic rings. The summed E-state index contributed by atoms with van der Waals surface area (Å²) >= 11 is 0. The van der Waals surface area contributed by atoms with Gasteiger partial charge < -0.3 is 10.1 Å². The smallest absolute Gasteiger partial charge is 0.410 e. The van der Waals surface area contributed by atoms with Gasteiger partial charge in [-0.25, -0.2) is 4.79 Å². The lowest BCUT2D eigenvalue weighted by molar-refractivity contribution is -0.127. The average Bonchev–Trinajstić information content (AvgIpc) is 3.02. The summed E-state index contributed by atoms with van der Waals surface area (Å²) in [4.78, 5) is 26.1. The van der Waals surface area contributed by atoms with E-state index in [1.165, 1.54) is 0 Å². The van der Waals surface area contributed by atoms with Crippen molar-refractivity contribution < 1.29 is 14.3 Å². The lowest BCUT2D eigenvalue weighted by Gasteiger charge is -2.35. The summed E-state index contributed by atoms with van der Waals surface area (Å²) in [7, 11) is 0. The molecule has 2 amide bonds. The Kier molecular flexibility index (Phi) is 4.25. The molecule has 0 spiro atoms. The first-order valence-electron chi connectivity index (χ1n) is 7.58. The van der Waals surface area contributed by atoms with Crippen molar-refractivity contribution in [3.63, 3.8) is 0 Å². The molecule has 0 aromatic heterocycles. The highest BCUT2D eigenvalue weighted by Gasteiger charge is 2.39. The molecule has 1 saturated heterocycles. The molecule has 1 saturated carbocycles. The molecule has 114 valence electrons. The summed E-state index contributed by atoms with van der Waals surface area (Å²) < 4.78 is 5.41. The van der Waals surface area contributed by atoms with Crippen LogP contribution in [0.1, 0.15) is 53.4 Å². The van der Waals surface area contributed by atoms with E-state index in [1.807, 2.05) is 20.8 Å². The monoisotopic (exact) mass is 282 g/mol. The van der Waals surface area contributed by atoms with Gasteiger partial charge in [-0.15, -0.1) is 0 Å². The van der Waals surface area contributed by atoms with Crippen molar-refractivity contribution in [1.82, 2.24) is 10.2 Å². The van der Waals surface area contributed by atoms with Crippen LogP contribution in [0.25, 0.3) is 0 Å². The van der Waals surface area contributed by atoms with Gasteiger partial charge in [0.25, 0.3) is 0 Å². The van der Waals surface area contributed by atoms with Gasteiger partial charge in [-0.2, -0.15) is 0 Å². The first-order chi connectivity index (χ1) is 9.28. The lowest BCUT2D eigenvalue weighted by atomic mass is 10.0. The number of ether oxygens (including phenoxy) is 1. The number of hydrogen-bond acceptors (Lipinski definition) is 3. The van der Waals surface area contributed by atoms with Gasteiger partial charge in [0, 0.05) is 12.6 Å². The fourth-order valence-electron chi connectivity index (χ4n) is 2.55. The van der Waals surface area contributed by atoms with Crippen LogP contribution < -0.4 is 5.32 Å². The zero-order valence-corrected chi connectivity index (χ0v) is 12.9. The van der Waals surface area contributed by atoms with Crippen molar-refractivity contribution in [2.75, 3.05) is 6.54 Å². The third-order valence-electron chi connectivity index (χ3n) is 3.87. The summed E-state index contributed by atoms with van der Waals surface area (Å²) in [6, 6.07) is -0.0729. The Hall–Kier alpha value is -1.26. The SMILES string of the molecule is C[C@H]1C[C@@H]1NC(=O)[C@@H]1CCCCN1C(=O)OC(C)(C)C. The molecule has 0 radical (unpaired) electrons. The Bertz CT molecular complexity index is 389. The van der Waals surface area contributed by atoms with E-state index >= 15 is 0 Å². The van der Waals surface area contributed by atoms with Crippen LogP contribution in [0, 0.1) is 5.92 Å². The number of amides is 2. The van der Waals surface area contributed by atoms with Gasteiger partial charge in [-0.3, -0.25) is 9.69 Å². The van der Waals surface area contributed by atoms with Crippen molar-refractivity contribution >= 4 is 12.0 Å². The molecule has 1 aliphatic heterocycles. The fraction of sp³-hybridized carbons (Fsp3) is 0.867. The second-order valence-corrected chi connectivity index (χ2v) is 7.01. The molecule has 0 aromatic carbocycles. The van der Waals surface area contributed by atoms with Gasteiger partial charge >= 0.3 is 6.09 Å². The number of hydrogen-bond donors (Lipinski definition) is 1. The highest BCUT2D eigenvalue weighted by molar-refractivity contribution is 5.86. The van der Waals surface area contributed by atoms with Crippen LogP contribution in [0.2, 0.25) is 0 Å². The summed E-state index contributed by atoms with van der Waals surface area (Å²) in [5.41, 5.74) is -0.527. The molecule has 3 atom stereocenters. The minimum Gasteiger partial charge on any atom is -0.444 e. The Morgan fingerprint density at radius 3 is 2.45 bits per heavy atom. The predicted octanol–water partition coefficient (Wildman–Crippen LogP) is 2.30.